The van der Waals surface area contributed by atoms with E-state index in [0.717, 1.165) is 48.6 Å². The SMILES string of the molecule is Brc1cc(CNC2CCOC2)cc2c1OCCCO2. The summed E-state index contributed by atoms with van der Waals surface area (Å²) in [6, 6.07) is 4.62. The molecule has 2 aliphatic rings. The number of rotatable bonds is 3. The zero-order chi connectivity index (χ0) is 13.1. The molecule has 4 nitrogen and oxygen atoms in total. The summed E-state index contributed by atoms with van der Waals surface area (Å²) in [5, 5.41) is 3.51. The number of halogens is 1. The van der Waals surface area contributed by atoms with Crippen LogP contribution < -0.4 is 14.8 Å². The molecule has 0 aromatic heterocycles. The van der Waals surface area contributed by atoms with Gasteiger partial charge >= 0.3 is 0 Å². The van der Waals surface area contributed by atoms with Crippen molar-refractivity contribution >= 4 is 15.9 Å². The lowest BCUT2D eigenvalue weighted by atomic mass is 10.1. The zero-order valence-corrected chi connectivity index (χ0v) is 12.4. The quantitative estimate of drug-likeness (QED) is 0.925. The van der Waals surface area contributed by atoms with Gasteiger partial charge in [0.2, 0.25) is 0 Å². The molecule has 2 heterocycles. The Morgan fingerprint density at radius 2 is 2.11 bits per heavy atom. The van der Waals surface area contributed by atoms with Gasteiger partial charge in [-0.1, -0.05) is 0 Å². The molecule has 0 bridgehead atoms. The maximum atomic E-state index is 5.73. The number of nitrogens with one attached hydrogen (secondary N) is 1. The fourth-order valence-corrected chi connectivity index (χ4v) is 2.95. The molecule has 19 heavy (non-hydrogen) atoms. The Morgan fingerprint density at radius 3 is 2.95 bits per heavy atom. The second-order valence-electron chi connectivity index (χ2n) is 4.90. The Labute approximate surface area is 121 Å². The summed E-state index contributed by atoms with van der Waals surface area (Å²) >= 11 is 3.56. The van der Waals surface area contributed by atoms with Crippen molar-refractivity contribution in [2.75, 3.05) is 26.4 Å². The standard InChI is InChI=1S/C14H18BrNO3/c15-12-6-10(8-16-11-2-5-17-9-11)7-13-14(12)19-4-1-3-18-13/h6-7,11,16H,1-5,8-9H2. The molecule has 1 N–H and O–H groups in total. The summed E-state index contributed by atoms with van der Waals surface area (Å²) in [6.45, 7) is 3.92. The van der Waals surface area contributed by atoms with Crippen LogP contribution >= 0.6 is 15.9 Å². The van der Waals surface area contributed by atoms with Crippen molar-refractivity contribution in [2.24, 2.45) is 0 Å². The van der Waals surface area contributed by atoms with Crippen LogP contribution in [0.5, 0.6) is 11.5 Å². The third-order valence-corrected chi connectivity index (χ3v) is 3.98. The van der Waals surface area contributed by atoms with Crippen LogP contribution in [-0.2, 0) is 11.3 Å². The molecule has 2 aliphatic heterocycles. The van der Waals surface area contributed by atoms with Crippen molar-refractivity contribution in [3.05, 3.63) is 22.2 Å². The first kappa shape index (κ1) is 13.2. The average molecular weight is 328 g/mol. The van der Waals surface area contributed by atoms with E-state index in [0.29, 0.717) is 19.3 Å². The van der Waals surface area contributed by atoms with Gasteiger partial charge in [-0.25, -0.2) is 0 Å². The van der Waals surface area contributed by atoms with E-state index >= 15 is 0 Å². The van der Waals surface area contributed by atoms with Crippen LogP contribution in [0.25, 0.3) is 0 Å². The lowest BCUT2D eigenvalue weighted by Crippen LogP contribution is -2.28. The summed E-state index contributed by atoms with van der Waals surface area (Å²) < 4.78 is 17.8. The van der Waals surface area contributed by atoms with Crippen LogP contribution in [0.15, 0.2) is 16.6 Å². The number of fused-ring (bicyclic) bond motifs is 1. The highest BCUT2D eigenvalue weighted by atomic mass is 79.9. The molecular weight excluding hydrogens is 310 g/mol. The van der Waals surface area contributed by atoms with Crippen LogP contribution in [-0.4, -0.2) is 32.5 Å². The van der Waals surface area contributed by atoms with Gasteiger partial charge in [-0.2, -0.15) is 0 Å². The van der Waals surface area contributed by atoms with Crippen molar-refractivity contribution in [3.63, 3.8) is 0 Å². The molecule has 1 saturated heterocycles. The number of hydrogen-bond donors (Lipinski definition) is 1. The Balaban J connectivity index is 1.71. The van der Waals surface area contributed by atoms with Crippen molar-refractivity contribution in [1.29, 1.82) is 0 Å². The fourth-order valence-electron chi connectivity index (χ4n) is 2.34. The summed E-state index contributed by atoms with van der Waals surface area (Å²) in [5.74, 6) is 1.66. The van der Waals surface area contributed by atoms with Gasteiger partial charge in [-0.05, 0) is 40.0 Å². The molecule has 1 atom stereocenters. The number of hydrogen-bond acceptors (Lipinski definition) is 4. The largest absolute Gasteiger partial charge is 0.490 e. The predicted octanol–water partition coefficient (Wildman–Crippen LogP) is 2.49. The predicted molar refractivity (Wildman–Crippen MR) is 75.8 cm³/mol. The number of ether oxygens (including phenoxy) is 3. The van der Waals surface area contributed by atoms with Crippen LogP contribution in [0.3, 0.4) is 0 Å². The van der Waals surface area contributed by atoms with Gasteiger partial charge in [0.25, 0.3) is 0 Å². The third-order valence-electron chi connectivity index (χ3n) is 3.39. The Kier molecular flexibility index (Phi) is 4.25. The van der Waals surface area contributed by atoms with Gasteiger partial charge in [0.15, 0.2) is 11.5 Å². The van der Waals surface area contributed by atoms with E-state index in [1.165, 1.54) is 5.56 Å². The molecule has 0 aliphatic carbocycles. The van der Waals surface area contributed by atoms with E-state index in [1.807, 2.05) is 0 Å². The van der Waals surface area contributed by atoms with E-state index in [9.17, 15) is 0 Å². The second-order valence-corrected chi connectivity index (χ2v) is 5.75. The molecule has 0 radical (unpaired) electrons. The lowest BCUT2D eigenvalue weighted by Gasteiger charge is -2.14. The van der Waals surface area contributed by atoms with Gasteiger partial charge in [0, 0.05) is 25.6 Å². The van der Waals surface area contributed by atoms with Crippen LogP contribution in [0.4, 0.5) is 0 Å². The average Bonchev–Trinajstić information content (AvgIpc) is 2.81. The monoisotopic (exact) mass is 327 g/mol. The molecule has 104 valence electrons. The first-order valence-electron chi connectivity index (χ1n) is 6.72. The van der Waals surface area contributed by atoms with Gasteiger partial charge in [0.1, 0.15) is 0 Å². The molecule has 0 amide bonds. The van der Waals surface area contributed by atoms with Gasteiger partial charge in [0.05, 0.1) is 24.3 Å². The Hall–Kier alpha value is -0.780. The first-order valence-corrected chi connectivity index (χ1v) is 7.51. The Morgan fingerprint density at radius 1 is 1.21 bits per heavy atom. The molecule has 1 aromatic rings. The van der Waals surface area contributed by atoms with E-state index in [4.69, 9.17) is 14.2 Å². The van der Waals surface area contributed by atoms with Crippen LogP contribution in [0, 0.1) is 0 Å². The maximum absolute atomic E-state index is 5.73. The van der Waals surface area contributed by atoms with E-state index in [1.54, 1.807) is 0 Å². The molecule has 0 spiro atoms. The van der Waals surface area contributed by atoms with Gasteiger partial charge in [-0.15, -0.1) is 0 Å². The van der Waals surface area contributed by atoms with Gasteiger partial charge < -0.3 is 19.5 Å². The normalized spacial score (nSPS) is 22.3. The minimum atomic E-state index is 0.467. The summed E-state index contributed by atoms with van der Waals surface area (Å²) in [4.78, 5) is 0. The molecule has 1 aromatic carbocycles. The van der Waals surface area contributed by atoms with E-state index < -0.39 is 0 Å². The molecule has 0 saturated carbocycles. The topological polar surface area (TPSA) is 39.7 Å². The fraction of sp³-hybridized carbons (Fsp3) is 0.571. The highest BCUT2D eigenvalue weighted by molar-refractivity contribution is 9.10. The van der Waals surface area contributed by atoms with Crippen molar-refractivity contribution < 1.29 is 14.2 Å². The third kappa shape index (κ3) is 3.22. The summed E-state index contributed by atoms with van der Waals surface area (Å²) in [7, 11) is 0. The van der Waals surface area contributed by atoms with Crippen molar-refractivity contribution in [3.8, 4) is 11.5 Å². The van der Waals surface area contributed by atoms with Crippen LogP contribution in [0.1, 0.15) is 18.4 Å². The maximum Gasteiger partial charge on any atom is 0.175 e. The highest BCUT2D eigenvalue weighted by Gasteiger charge is 2.17. The smallest absolute Gasteiger partial charge is 0.175 e. The molecule has 1 unspecified atom stereocenters. The molecule has 3 rings (SSSR count). The summed E-state index contributed by atoms with van der Waals surface area (Å²) in [6.07, 6.45) is 2.01. The van der Waals surface area contributed by atoms with Gasteiger partial charge in [-0.3, -0.25) is 0 Å². The van der Waals surface area contributed by atoms with E-state index in [2.05, 4.69) is 33.4 Å². The highest BCUT2D eigenvalue weighted by Crippen LogP contribution is 2.38. The Bertz CT molecular complexity index is 447. The van der Waals surface area contributed by atoms with Crippen LogP contribution in [0.2, 0.25) is 0 Å². The summed E-state index contributed by atoms with van der Waals surface area (Å²) in [5.41, 5.74) is 1.20. The second kappa shape index (κ2) is 6.11. The molecule has 1 fully saturated rings. The van der Waals surface area contributed by atoms with E-state index in [-0.39, 0.29) is 0 Å². The molecular formula is C14H18BrNO3. The van der Waals surface area contributed by atoms with Crippen molar-refractivity contribution in [1.82, 2.24) is 5.32 Å². The van der Waals surface area contributed by atoms with Crippen molar-refractivity contribution in [2.45, 2.75) is 25.4 Å². The molecule has 5 heteroatoms. The minimum absolute atomic E-state index is 0.467. The zero-order valence-electron chi connectivity index (χ0n) is 10.8. The lowest BCUT2D eigenvalue weighted by molar-refractivity contribution is 0.190. The minimum Gasteiger partial charge on any atom is -0.490 e. The first-order chi connectivity index (χ1) is 9.33. The number of benzene rings is 1.